The van der Waals surface area contributed by atoms with E-state index in [0.717, 1.165) is 18.4 Å². The largest absolute Gasteiger partial charge is 0.385 e. The van der Waals surface area contributed by atoms with E-state index in [4.69, 9.17) is 0 Å². The molecular weight excluding hydrogens is 191 g/mol. The molecule has 15 heavy (non-hydrogen) atoms. The van der Waals surface area contributed by atoms with Gasteiger partial charge in [0.05, 0.1) is 5.60 Å². The number of benzene rings is 1. The van der Waals surface area contributed by atoms with Crippen LogP contribution in [0.3, 0.4) is 0 Å². The van der Waals surface area contributed by atoms with Crippen molar-refractivity contribution in [2.45, 2.75) is 38.7 Å². The van der Waals surface area contributed by atoms with Gasteiger partial charge < -0.3 is 5.11 Å². The standard InChI is InChI=1S/C13H17FO/c1-9-5-6-12(14)11(8-9)13(15)7-3-4-10(13)2/h5-6,8,10,15H,3-4,7H2,1-2H3. The topological polar surface area (TPSA) is 20.2 Å². The summed E-state index contributed by atoms with van der Waals surface area (Å²) < 4.78 is 13.7. The molecule has 1 saturated carbocycles. The molecule has 0 spiro atoms. The van der Waals surface area contributed by atoms with Crippen molar-refractivity contribution in [3.05, 3.63) is 35.1 Å². The predicted octanol–water partition coefficient (Wildman–Crippen LogP) is 3.14. The second-order valence-electron chi connectivity index (χ2n) is 4.70. The van der Waals surface area contributed by atoms with Crippen LogP contribution >= 0.6 is 0 Å². The van der Waals surface area contributed by atoms with Gasteiger partial charge in [-0.1, -0.05) is 24.6 Å². The molecule has 1 aromatic rings. The summed E-state index contributed by atoms with van der Waals surface area (Å²) in [6.07, 6.45) is 2.63. The molecule has 0 heterocycles. The van der Waals surface area contributed by atoms with Gasteiger partial charge in [-0.15, -0.1) is 0 Å². The number of hydrogen-bond acceptors (Lipinski definition) is 1. The van der Waals surface area contributed by atoms with Crippen LogP contribution in [-0.4, -0.2) is 5.11 Å². The summed E-state index contributed by atoms with van der Waals surface area (Å²) in [6.45, 7) is 3.92. The molecular formula is C13H17FO. The average molecular weight is 208 g/mol. The molecule has 0 radical (unpaired) electrons. The molecule has 0 aromatic heterocycles. The minimum absolute atomic E-state index is 0.147. The van der Waals surface area contributed by atoms with Gasteiger partial charge in [-0.2, -0.15) is 0 Å². The van der Waals surface area contributed by atoms with Crippen LogP contribution in [0, 0.1) is 18.7 Å². The number of rotatable bonds is 1. The number of hydrogen-bond donors (Lipinski definition) is 1. The third-order valence-electron chi connectivity index (χ3n) is 3.60. The van der Waals surface area contributed by atoms with Crippen molar-refractivity contribution in [2.24, 2.45) is 5.92 Å². The molecule has 0 aliphatic heterocycles. The van der Waals surface area contributed by atoms with Crippen molar-refractivity contribution in [2.75, 3.05) is 0 Å². The van der Waals surface area contributed by atoms with Crippen molar-refractivity contribution < 1.29 is 9.50 Å². The highest BCUT2D eigenvalue weighted by Crippen LogP contribution is 2.44. The maximum atomic E-state index is 13.7. The fraction of sp³-hybridized carbons (Fsp3) is 0.538. The highest BCUT2D eigenvalue weighted by atomic mass is 19.1. The fourth-order valence-electron chi connectivity index (χ4n) is 2.53. The molecule has 1 aliphatic carbocycles. The van der Waals surface area contributed by atoms with Crippen LogP contribution in [-0.2, 0) is 5.60 Å². The van der Waals surface area contributed by atoms with E-state index in [0.29, 0.717) is 12.0 Å². The molecule has 1 fully saturated rings. The van der Waals surface area contributed by atoms with Crippen molar-refractivity contribution in [3.63, 3.8) is 0 Å². The zero-order valence-electron chi connectivity index (χ0n) is 9.26. The predicted molar refractivity (Wildman–Crippen MR) is 58.0 cm³/mol. The summed E-state index contributed by atoms with van der Waals surface area (Å²) in [6, 6.07) is 4.96. The molecule has 1 aromatic carbocycles. The van der Waals surface area contributed by atoms with Crippen LogP contribution in [0.5, 0.6) is 0 Å². The monoisotopic (exact) mass is 208 g/mol. The van der Waals surface area contributed by atoms with Gasteiger partial charge in [0.1, 0.15) is 5.82 Å². The van der Waals surface area contributed by atoms with Gasteiger partial charge >= 0.3 is 0 Å². The first-order valence-corrected chi connectivity index (χ1v) is 5.53. The second-order valence-corrected chi connectivity index (χ2v) is 4.70. The molecule has 2 heteroatoms. The van der Waals surface area contributed by atoms with E-state index >= 15 is 0 Å². The van der Waals surface area contributed by atoms with E-state index in [1.54, 1.807) is 12.1 Å². The van der Waals surface area contributed by atoms with Crippen LogP contribution in [0.1, 0.15) is 37.3 Å². The number of halogens is 1. The molecule has 2 atom stereocenters. The van der Waals surface area contributed by atoms with Crippen molar-refractivity contribution in [3.8, 4) is 0 Å². The molecule has 1 N–H and O–H groups in total. The Bertz CT molecular complexity index is 375. The summed E-state index contributed by atoms with van der Waals surface area (Å²) in [4.78, 5) is 0. The lowest BCUT2D eigenvalue weighted by molar-refractivity contribution is 0.00115. The van der Waals surface area contributed by atoms with E-state index in [1.807, 2.05) is 13.8 Å². The first-order chi connectivity index (χ1) is 7.04. The maximum Gasteiger partial charge on any atom is 0.129 e. The lowest BCUT2D eigenvalue weighted by Gasteiger charge is -2.28. The Kier molecular flexibility index (Phi) is 2.55. The van der Waals surface area contributed by atoms with Gasteiger partial charge in [-0.05, 0) is 38.2 Å². The summed E-state index contributed by atoms with van der Waals surface area (Å²) in [5, 5.41) is 10.5. The first kappa shape index (κ1) is 10.6. The van der Waals surface area contributed by atoms with Gasteiger partial charge in [-0.25, -0.2) is 4.39 Å². The van der Waals surface area contributed by atoms with E-state index in [2.05, 4.69) is 0 Å². The Hall–Kier alpha value is -0.890. The van der Waals surface area contributed by atoms with Crippen LogP contribution < -0.4 is 0 Å². The lowest BCUT2D eigenvalue weighted by Crippen LogP contribution is -2.29. The van der Waals surface area contributed by atoms with E-state index in [9.17, 15) is 9.50 Å². The van der Waals surface area contributed by atoms with Gasteiger partial charge in [0, 0.05) is 5.56 Å². The summed E-state index contributed by atoms with van der Waals surface area (Å²) in [5.41, 5.74) is 0.530. The quantitative estimate of drug-likeness (QED) is 0.751. The Morgan fingerprint density at radius 3 is 2.80 bits per heavy atom. The zero-order chi connectivity index (χ0) is 11.1. The first-order valence-electron chi connectivity index (χ1n) is 5.53. The normalized spacial score (nSPS) is 30.8. The number of aryl methyl sites for hydroxylation is 1. The van der Waals surface area contributed by atoms with Crippen LogP contribution in [0.2, 0.25) is 0 Å². The van der Waals surface area contributed by atoms with Gasteiger partial charge in [0.2, 0.25) is 0 Å². The molecule has 1 nitrogen and oxygen atoms in total. The Labute approximate surface area is 89.9 Å². The average Bonchev–Trinajstić information content (AvgIpc) is 2.52. The highest BCUT2D eigenvalue weighted by Gasteiger charge is 2.41. The summed E-state index contributed by atoms with van der Waals surface area (Å²) in [7, 11) is 0. The molecule has 0 saturated heterocycles. The SMILES string of the molecule is Cc1ccc(F)c(C2(O)CCCC2C)c1. The van der Waals surface area contributed by atoms with Crippen LogP contribution in [0.25, 0.3) is 0 Å². The van der Waals surface area contributed by atoms with Gasteiger partial charge in [-0.3, -0.25) is 0 Å². The molecule has 2 rings (SSSR count). The smallest absolute Gasteiger partial charge is 0.129 e. The molecule has 82 valence electrons. The zero-order valence-corrected chi connectivity index (χ0v) is 9.26. The molecule has 0 bridgehead atoms. The number of aliphatic hydroxyl groups is 1. The molecule has 0 amide bonds. The minimum atomic E-state index is -0.948. The maximum absolute atomic E-state index is 13.7. The molecule has 1 aliphatic rings. The Morgan fingerprint density at radius 2 is 2.20 bits per heavy atom. The van der Waals surface area contributed by atoms with Gasteiger partial charge in [0.15, 0.2) is 0 Å². The summed E-state index contributed by atoms with van der Waals surface area (Å²) in [5.74, 6) is -0.134. The van der Waals surface area contributed by atoms with Crippen LogP contribution in [0.4, 0.5) is 4.39 Å². The van der Waals surface area contributed by atoms with Crippen molar-refractivity contribution in [1.82, 2.24) is 0 Å². The van der Waals surface area contributed by atoms with E-state index < -0.39 is 5.60 Å². The molecule has 2 unspecified atom stereocenters. The third-order valence-corrected chi connectivity index (χ3v) is 3.60. The van der Waals surface area contributed by atoms with Gasteiger partial charge in [0.25, 0.3) is 0 Å². The van der Waals surface area contributed by atoms with Crippen LogP contribution in [0.15, 0.2) is 18.2 Å². The Balaban J connectivity index is 2.48. The van der Waals surface area contributed by atoms with Crippen molar-refractivity contribution in [1.29, 1.82) is 0 Å². The van der Waals surface area contributed by atoms with E-state index in [1.165, 1.54) is 6.07 Å². The lowest BCUT2D eigenvalue weighted by atomic mass is 9.84. The minimum Gasteiger partial charge on any atom is -0.385 e. The third kappa shape index (κ3) is 1.67. The van der Waals surface area contributed by atoms with Crippen molar-refractivity contribution >= 4 is 0 Å². The van der Waals surface area contributed by atoms with E-state index in [-0.39, 0.29) is 11.7 Å². The fourth-order valence-corrected chi connectivity index (χ4v) is 2.53. The highest BCUT2D eigenvalue weighted by molar-refractivity contribution is 5.30. The Morgan fingerprint density at radius 1 is 1.47 bits per heavy atom. The second kappa shape index (κ2) is 3.60. The summed E-state index contributed by atoms with van der Waals surface area (Å²) >= 11 is 0.